The van der Waals surface area contributed by atoms with Gasteiger partial charge < -0.3 is 15.0 Å². The van der Waals surface area contributed by atoms with E-state index in [1.165, 1.54) is 17.0 Å². The molecule has 0 bridgehead atoms. The summed E-state index contributed by atoms with van der Waals surface area (Å²) in [5.41, 5.74) is -0.519. The van der Waals surface area contributed by atoms with Gasteiger partial charge in [0.1, 0.15) is 11.6 Å². The van der Waals surface area contributed by atoms with Crippen molar-refractivity contribution in [3.8, 4) is 0 Å². The van der Waals surface area contributed by atoms with Crippen molar-refractivity contribution in [1.82, 2.24) is 4.90 Å². The zero-order valence-corrected chi connectivity index (χ0v) is 17.8. The predicted molar refractivity (Wildman–Crippen MR) is 113 cm³/mol. The molecule has 33 heavy (non-hydrogen) atoms. The molecule has 0 aliphatic carbocycles. The number of nitrogens with one attached hydrogen (secondary N) is 1. The van der Waals surface area contributed by atoms with Gasteiger partial charge in [-0.25, -0.2) is 8.78 Å². The number of hydrogen-bond donors (Lipinski definition) is 1. The van der Waals surface area contributed by atoms with Gasteiger partial charge in [0.2, 0.25) is 0 Å². The third kappa shape index (κ3) is 6.01. The van der Waals surface area contributed by atoms with Gasteiger partial charge in [-0.15, -0.1) is 0 Å². The van der Waals surface area contributed by atoms with E-state index in [0.717, 1.165) is 18.2 Å². The number of nitro groups is 1. The van der Waals surface area contributed by atoms with Gasteiger partial charge >= 0.3 is 5.97 Å². The third-order valence-electron chi connectivity index (χ3n) is 5.06. The molecule has 1 saturated heterocycles. The van der Waals surface area contributed by atoms with E-state index in [2.05, 4.69) is 5.32 Å². The first-order valence-electron chi connectivity index (χ1n) is 9.80. The smallest absolute Gasteiger partial charge is 0.309 e. The second-order valence-electron chi connectivity index (χ2n) is 7.27. The molecule has 9 nitrogen and oxygen atoms in total. The Morgan fingerprint density at radius 2 is 1.85 bits per heavy atom. The molecule has 1 aliphatic rings. The van der Waals surface area contributed by atoms with Crippen molar-refractivity contribution in [2.75, 3.05) is 25.0 Å². The third-order valence-corrected chi connectivity index (χ3v) is 5.39. The lowest BCUT2D eigenvalue weighted by Gasteiger charge is -2.31. The van der Waals surface area contributed by atoms with Gasteiger partial charge in [-0.05, 0) is 31.0 Å². The van der Waals surface area contributed by atoms with Gasteiger partial charge in [-0.1, -0.05) is 11.6 Å². The van der Waals surface area contributed by atoms with E-state index >= 15 is 0 Å². The van der Waals surface area contributed by atoms with Crippen LogP contribution in [-0.4, -0.2) is 47.3 Å². The average molecular weight is 482 g/mol. The number of ether oxygens (including phenoxy) is 1. The van der Waals surface area contributed by atoms with Crippen LogP contribution >= 0.6 is 11.6 Å². The molecule has 0 unspecified atom stereocenters. The van der Waals surface area contributed by atoms with Gasteiger partial charge in [-0.2, -0.15) is 0 Å². The van der Waals surface area contributed by atoms with Crippen LogP contribution in [0.15, 0.2) is 36.4 Å². The largest absolute Gasteiger partial charge is 0.455 e. The maximum Gasteiger partial charge on any atom is 0.309 e. The lowest BCUT2D eigenvalue weighted by molar-refractivity contribution is -0.384. The Bertz CT molecular complexity index is 1110. The van der Waals surface area contributed by atoms with Gasteiger partial charge in [0, 0.05) is 31.3 Å². The predicted octanol–water partition coefficient (Wildman–Crippen LogP) is 3.56. The van der Waals surface area contributed by atoms with Crippen molar-refractivity contribution in [1.29, 1.82) is 0 Å². The summed E-state index contributed by atoms with van der Waals surface area (Å²) in [6.07, 6.45) is 0.484. The van der Waals surface area contributed by atoms with E-state index in [1.54, 1.807) is 0 Å². The molecule has 1 fully saturated rings. The minimum Gasteiger partial charge on any atom is -0.455 e. The molecule has 0 atom stereocenters. The van der Waals surface area contributed by atoms with E-state index in [4.69, 9.17) is 16.3 Å². The van der Waals surface area contributed by atoms with Crippen LogP contribution in [0.1, 0.15) is 23.2 Å². The van der Waals surface area contributed by atoms with Crippen molar-refractivity contribution in [3.05, 3.63) is 68.7 Å². The normalized spacial score (nSPS) is 14.0. The standard InChI is InChI=1S/C21H18ClF2N3O6/c22-16-4-2-14(27(31)32)10-18(16)25-19(28)11-33-21(30)12-5-7-26(8-6-12)20(29)15-3-1-13(23)9-17(15)24/h1-4,9-10,12H,5-8,11H2,(H,25,28). The Labute approximate surface area is 191 Å². The van der Waals surface area contributed by atoms with Gasteiger partial charge in [0.15, 0.2) is 6.61 Å². The molecule has 0 aromatic heterocycles. The molecule has 2 aromatic carbocycles. The number of esters is 1. The molecule has 1 aliphatic heterocycles. The number of rotatable bonds is 6. The van der Waals surface area contributed by atoms with Gasteiger partial charge in [0.05, 0.1) is 27.1 Å². The fourth-order valence-electron chi connectivity index (χ4n) is 3.31. The Morgan fingerprint density at radius 1 is 1.15 bits per heavy atom. The highest BCUT2D eigenvalue weighted by Crippen LogP contribution is 2.27. The molecule has 0 saturated carbocycles. The van der Waals surface area contributed by atoms with Gasteiger partial charge in [-0.3, -0.25) is 24.5 Å². The summed E-state index contributed by atoms with van der Waals surface area (Å²) in [5.74, 6) is -4.30. The molecule has 3 rings (SSSR count). The quantitative estimate of drug-likeness (QED) is 0.383. The summed E-state index contributed by atoms with van der Waals surface area (Å²) in [6.45, 7) is -0.312. The number of anilines is 1. The number of carbonyl (C=O) groups is 3. The number of non-ortho nitro benzene ring substituents is 1. The second kappa shape index (κ2) is 10.3. The van der Waals surface area contributed by atoms with Crippen molar-refractivity contribution in [2.45, 2.75) is 12.8 Å². The number of halogens is 3. The molecule has 12 heteroatoms. The Kier molecular flexibility index (Phi) is 7.54. The Morgan fingerprint density at radius 3 is 2.48 bits per heavy atom. The maximum absolute atomic E-state index is 13.8. The molecule has 0 spiro atoms. The lowest BCUT2D eigenvalue weighted by Crippen LogP contribution is -2.41. The van der Waals surface area contributed by atoms with Gasteiger partial charge in [0.25, 0.3) is 17.5 Å². The molecular weight excluding hydrogens is 464 g/mol. The highest BCUT2D eigenvalue weighted by molar-refractivity contribution is 6.33. The van der Waals surface area contributed by atoms with E-state index in [1.807, 2.05) is 0 Å². The Balaban J connectivity index is 1.48. The topological polar surface area (TPSA) is 119 Å². The summed E-state index contributed by atoms with van der Waals surface area (Å²) < 4.78 is 31.9. The molecule has 174 valence electrons. The number of amides is 2. The minimum atomic E-state index is -0.962. The highest BCUT2D eigenvalue weighted by Gasteiger charge is 2.30. The van der Waals surface area contributed by atoms with Crippen LogP contribution in [0.5, 0.6) is 0 Å². The number of hydrogen-bond acceptors (Lipinski definition) is 6. The van der Waals surface area contributed by atoms with Crippen LogP contribution in [0.4, 0.5) is 20.2 Å². The monoisotopic (exact) mass is 481 g/mol. The SMILES string of the molecule is O=C(COC(=O)C1CCN(C(=O)c2ccc(F)cc2F)CC1)Nc1cc([N+](=O)[O-])ccc1Cl. The van der Waals surface area contributed by atoms with Crippen molar-refractivity contribution >= 4 is 40.8 Å². The summed E-state index contributed by atoms with van der Waals surface area (Å²) in [4.78, 5) is 48.3. The fourth-order valence-corrected chi connectivity index (χ4v) is 3.48. The summed E-state index contributed by atoms with van der Waals surface area (Å²) in [7, 11) is 0. The van der Waals surface area contributed by atoms with E-state index in [0.29, 0.717) is 6.07 Å². The minimum absolute atomic E-state index is 0.00626. The van der Waals surface area contributed by atoms with Crippen molar-refractivity contribution < 1.29 is 32.8 Å². The number of nitrogens with zero attached hydrogens (tertiary/aromatic N) is 2. The van der Waals surface area contributed by atoms with Crippen LogP contribution < -0.4 is 5.32 Å². The fraction of sp³-hybridized carbons (Fsp3) is 0.286. The first kappa shape index (κ1) is 24.1. The van der Waals surface area contributed by atoms with Crippen molar-refractivity contribution in [3.63, 3.8) is 0 Å². The Hall–Kier alpha value is -3.60. The van der Waals surface area contributed by atoms with Crippen LogP contribution in [0.3, 0.4) is 0 Å². The first-order chi connectivity index (χ1) is 15.7. The summed E-state index contributed by atoms with van der Waals surface area (Å²) in [6, 6.07) is 6.21. The van der Waals surface area contributed by atoms with Crippen LogP contribution in [0, 0.1) is 27.7 Å². The molecule has 1 heterocycles. The zero-order valence-electron chi connectivity index (χ0n) is 17.1. The molecule has 1 N–H and O–H groups in total. The number of carbonyl (C=O) groups excluding carboxylic acids is 3. The first-order valence-corrected chi connectivity index (χ1v) is 10.2. The number of likely N-dealkylation sites (tertiary alicyclic amines) is 1. The highest BCUT2D eigenvalue weighted by atomic mass is 35.5. The number of benzene rings is 2. The number of nitro benzene ring substituents is 1. The van der Waals surface area contributed by atoms with Crippen LogP contribution in [-0.2, 0) is 14.3 Å². The van der Waals surface area contributed by atoms with Crippen LogP contribution in [0.2, 0.25) is 5.02 Å². The maximum atomic E-state index is 13.8. The molecular formula is C21H18ClF2N3O6. The zero-order chi connectivity index (χ0) is 24.1. The average Bonchev–Trinajstić information content (AvgIpc) is 2.78. The molecule has 0 radical (unpaired) electrons. The van der Waals surface area contributed by atoms with E-state index in [-0.39, 0.29) is 47.9 Å². The molecule has 2 amide bonds. The number of piperidine rings is 1. The second-order valence-corrected chi connectivity index (χ2v) is 7.67. The summed E-state index contributed by atoms with van der Waals surface area (Å²) in [5, 5.41) is 13.3. The van der Waals surface area contributed by atoms with E-state index < -0.39 is 46.9 Å². The summed E-state index contributed by atoms with van der Waals surface area (Å²) >= 11 is 5.91. The molecule has 2 aromatic rings. The lowest BCUT2D eigenvalue weighted by atomic mass is 9.96. The van der Waals surface area contributed by atoms with E-state index in [9.17, 15) is 33.3 Å². The van der Waals surface area contributed by atoms with Crippen molar-refractivity contribution in [2.24, 2.45) is 5.92 Å². The van der Waals surface area contributed by atoms with Crippen LogP contribution in [0.25, 0.3) is 0 Å².